The average molecular weight is 571 g/mol. The average Bonchev–Trinajstić information content (AvgIpc) is 3.50. The Labute approximate surface area is 227 Å². The van der Waals surface area contributed by atoms with Crippen LogP contribution in [-0.4, -0.2) is 39.9 Å². The predicted molar refractivity (Wildman–Crippen MR) is 143 cm³/mol. The molecule has 1 fully saturated rings. The summed E-state index contributed by atoms with van der Waals surface area (Å²) >= 11 is 1.03. The maximum Gasteiger partial charge on any atom is 0.435 e. The minimum absolute atomic E-state index is 0.0662. The Morgan fingerprint density at radius 2 is 1.64 bits per heavy atom. The van der Waals surface area contributed by atoms with Gasteiger partial charge in [-0.2, -0.15) is 26.7 Å². The topological polar surface area (TPSA) is 84.6 Å². The Balaban J connectivity index is 1.46. The molecule has 7 nitrogen and oxygen atoms in total. The van der Waals surface area contributed by atoms with Crippen LogP contribution in [0.25, 0.3) is 16.9 Å². The lowest BCUT2D eigenvalue weighted by Crippen LogP contribution is -2.29. The van der Waals surface area contributed by atoms with Crippen molar-refractivity contribution in [2.75, 3.05) is 5.75 Å². The summed E-state index contributed by atoms with van der Waals surface area (Å²) in [6, 6.07) is 22.3. The summed E-state index contributed by atoms with van der Waals surface area (Å²) in [6.45, 7) is 2.05. The van der Waals surface area contributed by atoms with Gasteiger partial charge in [0.2, 0.25) is 5.91 Å². The largest absolute Gasteiger partial charge is 0.435 e. The molecule has 0 bridgehead atoms. The number of halogens is 3. The number of rotatable bonds is 6. The number of carbonyl (C=O) groups is 1. The number of hydrogen-bond acceptors (Lipinski definition) is 5. The molecule has 3 aromatic carbocycles. The normalized spacial score (nSPS) is 15.3. The van der Waals surface area contributed by atoms with Gasteiger partial charge in [0.1, 0.15) is 0 Å². The SMILES string of the molecule is Cc1ccc(-c2cc(C(F)(F)F)nn2-c2ccc(S(=O)(=O)/N=C3\SCC(=O)N3Cc3ccccc3)cc2)cc1. The number of sulfonamides is 1. The lowest BCUT2D eigenvalue weighted by atomic mass is 10.1. The number of amidine groups is 1. The molecule has 1 aliphatic heterocycles. The molecule has 0 unspecified atom stereocenters. The number of carbonyl (C=O) groups excluding carboxylic acids is 1. The van der Waals surface area contributed by atoms with Crippen LogP contribution in [-0.2, 0) is 27.5 Å². The van der Waals surface area contributed by atoms with E-state index in [-0.39, 0.29) is 39.6 Å². The standard InChI is InChI=1S/C27H21F3N4O3S2/c1-18-7-9-20(10-8-18)23-15-24(27(28,29)30)31-34(23)21-11-13-22(14-12-21)39(36,37)32-26-33(25(35)17-38-26)16-19-5-3-2-4-6-19/h2-15H,16-17H2,1H3/b32-26-. The summed E-state index contributed by atoms with van der Waals surface area (Å²) in [6.07, 6.45) is -4.66. The van der Waals surface area contributed by atoms with E-state index in [2.05, 4.69) is 9.50 Å². The van der Waals surface area contributed by atoms with Gasteiger partial charge in [-0.15, -0.1) is 4.40 Å². The first-order valence-corrected chi connectivity index (χ1v) is 14.1. The molecule has 1 amide bonds. The highest BCUT2D eigenvalue weighted by Gasteiger charge is 2.35. The fourth-order valence-corrected chi connectivity index (χ4v) is 6.07. The number of thioether (sulfide) groups is 1. The molecule has 0 N–H and O–H groups in total. The first-order chi connectivity index (χ1) is 18.5. The highest BCUT2D eigenvalue weighted by molar-refractivity contribution is 8.15. The zero-order valence-corrected chi connectivity index (χ0v) is 22.1. The third-order valence-corrected chi connectivity index (χ3v) is 8.32. The van der Waals surface area contributed by atoms with Crippen molar-refractivity contribution in [1.82, 2.24) is 14.7 Å². The molecule has 0 aliphatic carbocycles. The molecule has 0 radical (unpaired) electrons. The van der Waals surface area contributed by atoms with E-state index in [4.69, 9.17) is 0 Å². The third-order valence-electron chi connectivity index (χ3n) is 5.96. The van der Waals surface area contributed by atoms with Gasteiger partial charge in [-0.1, -0.05) is 71.9 Å². The Kier molecular flexibility index (Phi) is 7.08. The van der Waals surface area contributed by atoms with Gasteiger partial charge in [0.15, 0.2) is 10.9 Å². The summed E-state index contributed by atoms with van der Waals surface area (Å²) in [4.78, 5) is 13.5. The molecule has 0 spiro atoms. The van der Waals surface area contributed by atoms with E-state index in [0.717, 1.165) is 33.6 Å². The van der Waals surface area contributed by atoms with Crippen LogP contribution in [0.2, 0.25) is 0 Å². The highest BCUT2D eigenvalue weighted by atomic mass is 32.2. The highest BCUT2D eigenvalue weighted by Crippen LogP contribution is 2.33. The Hall–Kier alpha value is -3.90. The molecule has 4 aromatic rings. The molecule has 1 aliphatic rings. The number of aromatic nitrogens is 2. The minimum atomic E-state index is -4.66. The van der Waals surface area contributed by atoms with Gasteiger partial charge in [-0.25, -0.2) is 4.68 Å². The summed E-state index contributed by atoms with van der Waals surface area (Å²) in [5.74, 6) is -0.182. The quantitative estimate of drug-likeness (QED) is 0.298. The maximum atomic E-state index is 13.5. The molecular weight excluding hydrogens is 549 g/mol. The van der Waals surface area contributed by atoms with Gasteiger partial charge in [0.05, 0.1) is 28.6 Å². The molecule has 0 saturated carbocycles. The van der Waals surface area contributed by atoms with E-state index >= 15 is 0 Å². The van der Waals surface area contributed by atoms with Crippen LogP contribution in [0.1, 0.15) is 16.8 Å². The number of alkyl halides is 3. The van der Waals surface area contributed by atoms with Gasteiger partial charge < -0.3 is 0 Å². The maximum absolute atomic E-state index is 13.5. The Morgan fingerprint density at radius 3 is 2.28 bits per heavy atom. The van der Waals surface area contributed by atoms with Crippen molar-refractivity contribution in [2.24, 2.45) is 4.40 Å². The Bertz CT molecular complexity index is 1650. The van der Waals surface area contributed by atoms with Crippen LogP contribution < -0.4 is 0 Å². The summed E-state index contributed by atoms with van der Waals surface area (Å²) in [7, 11) is -4.21. The molecule has 1 saturated heterocycles. The number of amides is 1. The van der Waals surface area contributed by atoms with Gasteiger partial charge in [-0.3, -0.25) is 9.69 Å². The van der Waals surface area contributed by atoms with E-state index in [1.807, 2.05) is 37.3 Å². The van der Waals surface area contributed by atoms with E-state index < -0.39 is 21.9 Å². The zero-order valence-electron chi connectivity index (χ0n) is 20.5. The van der Waals surface area contributed by atoms with Crippen molar-refractivity contribution < 1.29 is 26.4 Å². The molecule has 0 atom stereocenters. The molecular formula is C27H21F3N4O3S2. The van der Waals surface area contributed by atoms with Crippen LogP contribution in [0.5, 0.6) is 0 Å². The van der Waals surface area contributed by atoms with Crippen LogP contribution in [0.15, 0.2) is 94.2 Å². The molecule has 5 rings (SSSR count). The van der Waals surface area contributed by atoms with Crippen molar-refractivity contribution in [3.63, 3.8) is 0 Å². The van der Waals surface area contributed by atoms with Crippen molar-refractivity contribution in [2.45, 2.75) is 24.5 Å². The second kappa shape index (κ2) is 10.3. The first-order valence-electron chi connectivity index (χ1n) is 11.7. The van der Waals surface area contributed by atoms with Gasteiger partial charge in [0, 0.05) is 5.56 Å². The van der Waals surface area contributed by atoms with Gasteiger partial charge in [0.25, 0.3) is 10.0 Å². The van der Waals surface area contributed by atoms with Crippen LogP contribution in [0, 0.1) is 6.92 Å². The molecule has 200 valence electrons. The number of hydrogen-bond donors (Lipinski definition) is 0. The smallest absolute Gasteiger partial charge is 0.285 e. The van der Waals surface area contributed by atoms with Crippen molar-refractivity contribution in [3.8, 4) is 16.9 Å². The number of nitrogens with zero attached hydrogens (tertiary/aromatic N) is 4. The molecule has 1 aromatic heterocycles. The summed E-state index contributed by atoms with van der Waals surface area (Å²) in [5, 5.41) is 3.82. The van der Waals surface area contributed by atoms with E-state index in [9.17, 15) is 26.4 Å². The summed E-state index contributed by atoms with van der Waals surface area (Å²) in [5.41, 5.74) is 1.67. The molecule has 39 heavy (non-hydrogen) atoms. The van der Waals surface area contributed by atoms with Crippen LogP contribution in [0.4, 0.5) is 13.2 Å². The van der Waals surface area contributed by atoms with Crippen LogP contribution in [0.3, 0.4) is 0 Å². The van der Waals surface area contributed by atoms with E-state index in [0.29, 0.717) is 5.56 Å². The van der Waals surface area contributed by atoms with Crippen LogP contribution >= 0.6 is 11.8 Å². The van der Waals surface area contributed by atoms with Crippen molar-refractivity contribution in [3.05, 3.63) is 102 Å². The minimum Gasteiger partial charge on any atom is -0.285 e. The first kappa shape index (κ1) is 26.7. The number of benzene rings is 3. The molecule has 2 heterocycles. The Morgan fingerprint density at radius 1 is 0.974 bits per heavy atom. The lowest BCUT2D eigenvalue weighted by Gasteiger charge is -2.16. The third kappa shape index (κ3) is 5.76. The zero-order chi connectivity index (χ0) is 27.8. The van der Waals surface area contributed by atoms with Gasteiger partial charge >= 0.3 is 6.18 Å². The van der Waals surface area contributed by atoms with Crippen molar-refractivity contribution >= 4 is 32.9 Å². The number of aryl methyl sites for hydroxylation is 1. The van der Waals surface area contributed by atoms with E-state index in [1.165, 1.54) is 29.2 Å². The second-order valence-electron chi connectivity index (χ2n) is 8.79. The van der Waals surface area contributed by atoms with Gasteiger partial charge in [-0.05, 0) is 42.8 Å². The monoisotopic (exact) mass is 570 g/mol. The lowest BCUT2D eigenvalue weighted by molar-refractivity contribution is -0.141. The molecule has 12 heteroatoms. The fourth-order valence-electron chi connectivity index (χ4n) is 3.95. The van der Waals surface area contributed by atoms with E-state index in [1.54, 1.807) is 24.3 Å². The predicted octanol–water partition coefficient (Wildman–Crippen LogP) is 5.69. The fraction of sp³-hybridized carbons (Fsp3) is 0.148. The van der Waals surface area contributed by atoms with Crippen molar-refractivity contribution in [1.29, 1.82) is 0 Å². The second-order valence-corrected chi connectivity index (χ2v) is 11.3. The summed E-state index contributed by atoms with van der Waals surface area (Å²) < 4.78 is 71.7.